The van der Waals surface area contributed by atoms with Gasteiger partial charge in [0, 0.05) is 6.04 Å². The Bertz CT molecular complexity index is 711. The molecule has 1 aliphatic heterocycles. The van der Waals surface area contributed by atoms with E-state index in [4.69, 9.17) is 9.47 Å². The van der Waals surface area contributed by atoms with Crippen LogP contribution >= 0.6 is 0 Å². The first kappa shape index (κ1) is 19.2. The fraction of sp³-hybridized carbons (Fsp3) is 0.529. The normalized spacial score (nSPS) is 18.8. The molecule has 7 nitrogen and oxygen atoms in total. The standard InChI is InChI=1S/C17H23NO6S/c1-12(2)9-23-15-5-3-13(4-6-15)17(20)24-10-16(19)18-14-7-8-25(21,22)11-14/h3-6,12,14H,7-11H2,1-2H3,(H,18,19)/t14-/m1/s1. The van der Waals surface area contributed by atoms with Crippen LogP contribution < -0.4 is 10.1 Å². The molecule has 0 unspecified atom stereocenters. The lowest BCUT2D eigenvalue weighted by molar-refractivity contribution is -0.124. The molecule has 1 aromatic rings. The second-order valence-corrected chi connectivity index (χ2v) is 8.70. The van der Waals surface area contributed by atoms with Crippen molar-refractivity contribution in [2.45, 2.75) is 26.3 Å². The first-order valence-corrected chi connectivity index (χ1v) is 9.97. The molecule has 0 aromatic heterocycles. The van der Waals surface area contributed by atoms with Gasteiger partial charge in [-0.15, -0.1) is 0 Å². The topological polar surface area (TPSA) is 98.8 Å². The Morgan fingerprint density at radius 3 is 2.48 bits per heavy atom. The largest absolute Gasteiger partial charge is 0.493 e. The van der Waals surface area contributed by atoms with Crippen molar-refractivity contribution in [1.29, 1.82) is 0 Å². The van der Waals surface area contributed by atoms with Gasteiger partial charge in [-0.2, -0.15) is 0 Å². The van der Waals surface area contributed by atoms with Crippen LogP contribution in [0.3, 0.4) is 0 Å². The van der Waals surface area contributed by atoms with E-state index in [1.165, 1.54) is 0 Å². The number of sulfone groups is 1. The molecule has 138 valence electrons. The van der Waals surface area contributed by atoms with E-state index < -0.39 is 34.4 Å². The quantitative estimate of drug-likeness (QED) is 0.725. The Hall–Kier alpha value is -2.09. The van der Waals surface area contributed by atoms with E-state index in [-0.39, 0.29) is 11.5 Å². The Morgan fingerprint density at radius 1 is 1.24 bits per heavy atom. The maximum atomic E-state index is 11.9. The Labute approximate surface area is 147 Å². The lowest BCUT2D eigenvalue weighted by Crippen LogP contribution is -2.38. The Morgan fingerprint density at radius 2 is 1.92 bits per heavy atom. The molecule has 1 amide bonds. The first-order valence-electron chi connectivity index (χ1n) is 8.15. The van der Waals surface area contributed by atoms with Crippen LogP contribution in [0.4, 0.5) is 0 Å². The summed E-state index contributed by atoms with van der Waals surface area (Å²) in [5.74, 6) is -0.0617. The maximum absolute atomic E-state index is 11.9. The van der Waals surface area contributed by atoms with Crippen molar-refractivity contribution < 1.29 is 27.5 Å². The highest BCUT2D eigenvalue weighted by molar-refractivity contribution is 7.91. The van der Waals surface area contributed by atoms with E-state index in [1.807, 2.05) is 13.8 Å². The number of amides is 1. The van der Waals surface area contributed by atoms with Crippen molar-refractivity contribution in [1.82, 2.24) is 5.32 Å². The predicted molar refractivity (Wildman–Crippen MR) is 92.3 cm³/mol. The molecular weight excluding hydrogens is 346 g/mol. The summed E-state index contributed by atoms with van der Waals surface area (Å²) in [7, 11) is -3.06. The number of rotatable bonds is 7. The molecule has 25 heavy (non-hydrogen) atoms. The van der Waals surface area contributed by atoms with Gasteiger partial charge in [-0.25, -0.2) is 13.2 Å². The lowest BCUT2D eigenvalue weighted by atomic mass is 10.2. The third-order valence-corrected chi connectivity index (χ3v) is 5.37. The smallest absolute Gasteiger partial charge is 0.338 e. The molecule has 1 saturated heterocycles. The van der Waals surface area contributed by atoms with Gasteiger partial charge < -0.3 is 14.8 Å². The van der Waals surface area contributed by atoms with Gasteiger partial charge in [0.05, 0.1) is 23.7 Å². The second-order valence-electron chi connectivity index (χ2n) is 6.47. The molecule has 1 atom stereocenters. The monoisotopic (exact) mass is 369 g/mol. The molecule has 0 radical (unpaired) electrons. The third kappa shape index (κ3) is 6.38. The summed E-state index contributed by atoms with van der Waals surface area (Å²) in [4.78, 5) is 23.7. The summed E-state index contributed by atoms with van der Waals surface area (Å²) in [5, 5.41) is 2.56. The highest BCUT2D eigenvalue weighted by Crippen LogP contribution is 2.14. The molecule has 2 rings (SSSR count). The van der Waals surface area contributed by atoms with E-state index in [1.54, 1.807) is 24.3 Å². The van der Waals surface area contributed by atoms with Crippen LogP contribution in [0, 0.1) is 5.92 Å². The van der Waals surface area contributed by atoms with Gasteiger partial charge in [0.15, 0.2) is 16.4 Å². The minimum Gasteiger partial charge on any atom is -0.493 e. The molecule has 0 aliphatic carbocycles. The number of ether oxygens (including phenoxy) is 2. The number of nitrogens with one attached hydrogen (secondary N) is 1. The second kappa shape index (κ2) is 8.33. The van der Waals surface area contributed by atoms with E-state index >= 15 is 0 Å². The third-order valence-electron chi connectivity index (χ3n) is 3.61. The average molecular weight is 369 g/mol. The van der Waals surface area contributed by atoms with Crippen molar-refractivity contribution >= 4 is 21.7 Å². The van der Waals surface area contributed by atoms with E-state index in [0.717, 1.165) is 0 Å². The molecule has 1 aromatic carbocycles. The minimum atomic E-state index is -3.06. The first-order chi connectivity index (χ1) is 11.7. The van der Waals surface area contributed by atoms with Crippen molar-refractivity contribution in [3.05, 3.63) is 29.8 Å². The SMILES string of the molecule is CC(C)COc1ccc(C(=O)OCC(=O)N[C@@H]2CCS(=O)(=O)C2)cc1. The fourth-order valence-electron chi connectivity index (χ4n) is 2.34. The van der Waals surface area contributed by atoms with Crippen LogP contribution in [0.2, 0.25) is 0 Å². The molecule has 1 N–H and O–H groups in total. The van der Waals surface area contributed by atoms with Crippen LogP contribution in [0.25, 0.3) is 0 Å². The summed E-state index contributed by atoms with van der Waals surface area (Å²) in [6.45, 7) is 4.22. The Kier molecular flexibility index (Phi) is 6.41. The van der Waals surface area contributed by atoms with Crippen LogP contribution in [0.15, 0.2) is 24.3 Å². The van der Waals surface area contributed by atoms with Crippen molar-refractivity contribution in [2.24, 2.45) is 5.92 Å². The zero-order chi connectivity index (χ0) is 18.4. The summed E-state index contributed by atoms with van der Waals surface area (Å²) in [6, 6.07) is 6.07. The predicted octanol–water partition coefficient (Wildman–Crippen LogP) is 1.18. The van der Waals surface area contributed by atoms with E-state index in [0.29, 0.717) is 30.3 Å². The molecule has 1 fully saturated rings. The van der Waals surface area contributed by atoms with Gasteiger partial charge in [0.25, 0.3) is 5.91 Å². The van der Waals surface area contributed by atoms with Crippen molar-refractivity contribution in [3.63, 3.8) is 0 Å². The molecule has 1 aliphatic rings. The highest BCUT2D eigenvalue weighted by atomic mass is 32.2. The average Bonchev–Trinajstić information content (AvgIpc) is 2.89. The number of esters is 1. The minimum absolute atomic E-state index is 0.0650. The van der Waals surface area contributed by atoms with Crippen molar-refractivity contribution in [3.8, 4) is 5.75 Å². The van der Waals surface area contributed by atoms with Crippen LogP contribution in [0.5, 0.6) is 5.75 Å². The zero-order valence-electron chi connectivity index (χ0n) is 14.4. The molecule has 8 heteroatoms. The summed E-state index contributed by atoms with van der Waals surface area (Å²) in [6.07, 6.45) is 0.389. The zero-order valence-corrected chi connectivity index (χ0v) is 15.2. The lowest BCUT2D eigenvalue weighted by Gasteiger charge is -2.11. The molecule has 1 heterocycles. The van der Waals surface area contributed by atoms with Gasteiger partial charge in [-0.05, 0) is 36.6 Å². The van der Waals surface area contributed by atoms with Gasteiger partial charge in [0.2, 0.25) is 0 Å². The molecule has 0 saturated carbocycles. The number of carbonyl (C=O) groups is 2. The summed E-state index contributed by atoms with van der Waals surface area (Å²) in [5.41, 5.74) is 0.313. The number of carbonyl (C=O) groups excluding carboxylic acids is 2. The van der Waals surface area contributed by atoms with Crippen LogP contribution in [-0.4, -0.2) is 51.1 Å². The van der Waals surface area contributed by atoms with Crippen LogP contribution in [0.1, 0.15) is 30.6 Å². The number of hydrogen-bond donors (Lipinski definition) is 1. The number of hydrogen-bond acceptors (Lipinski definition) is 6. The van der Waals surface area contributed by atoms with Crippen molar-refractivity contribution in [2.75, 3.05) is 24.7 Å². The van der Waals surface area contributed by atoms with Gasteiger partial charge in [-0.3, -0.25) is 4.79 Å². The Balaban J connectivity index is 1.77. The van der Waals surface area contributed by atoms with Crippen LogP contribution in [-0.2, 0) is 19.4 Å². The van der Waals surface area contributed by atoms with Gasteiger partial charge in [0.1, 0.15) is 5.75 Å². The summed E-state index contributed by atoms with van der Waals surface area (Å²) >= 11 is 0. The fourth-order valence-corrected chi connectivity index (χ4v) is 4.02. The molecule has 0 spiro atoms. The summed E-state index contributed by atoms with van der Waals surface area (Å²) < 4.78 is 33.2. The molecule has 0 bridgehead atoms. The van der Waals surface area contributed by atoms with E-state index in [2.05, 4.69) is 5.32 Å². The maximum Gasteiger partial charge on any atom is 0.338 e. The van der Waals surface area contributed by atoms with Gasteiger partial charge >= 0.3 is 5.97 Å². The van der Waals surface area contributed by atoms with E-state index in [9.17, 15) is 18.0 Å². The molecular formula is C17H23NO6S. The van der Waals surface area contributed by atoms with Gasteiger partial charge in [-0.1, -0.05) is 13.8 Å². The highest BCUT2D eigenvalue weighted by Gasteiger charge is 2.29. The number of benzene rings is 1.